The van der Waals surface area contributed by atoms with Gasteiger partial charge in [0.1, 0.15) is 11.2 Å². The molecule has 0 fully saturated rings. The van der Waals surface area contributed by atoms with Crippen molar-refractivity contribution in [2.75, 3.05) is 4.90 Å². The Hall–Kier alpha value is -7.42. The largest absolute Gasteiger partial charge is 0.455 e. The number of rotatable bonds is 6. The Kier molecular flexibility index (Phi) is 7.53. The van der Waals surface area contributed by atoms with Crippen molar-refractivity contribution >= 4 is 71.3 Å². The van der Waals surface area contributed by atoms with Gasteiger partial charge in [0.25, 0.3) is 0 Å². The van der Waals surface area contributed by atoms with Gasteiger partial charge in [-0.1, -0.05) is 164 Å². The first-order valence-corrected chi connectivity index (χ1v) is 19.2. The molecule has 56 heavy (non-hydrogen) atoms. The van der Waals surface area contributed by atoms with Crippen molar-refractivity contribution in [1.29, 1.82) is 0 Å². The molecular formula is C54H35NO. The summed E-state index contributed by atoms with van der Waals surface area (Å²) in [5, 5.41) is 9.38. The van der Waals surface area contributed by atoms with Crippen molar-refractivity contribution in [2.45, 2.75) is 0 Å². The highest BCUT2D eigenvalue weighted by atomic mass is 16.3. The number of hydrogen-bond acceptors (Lipinski definition) is 2. The number of furan rings is 1. The molecule has 0 saturated carbocycles. The van der Waals surface area contributed by atoms with Gasteiger partial charge in [0.05, 0.1) is 11.1 Å². The van der Waals surface area contributed by atoms with Crippen molar-refractivity contribution in [1.82, 2.24) is 0 Å². The van der Waals surface area contributed by atoms with Gasteiger partial charge in [0.15, 0.2) is 0 Å². The van der Waals surface area contributed by atoms with E-state index < -0.39 is 0 Å². The molecule has 0 aliphatic carbocycles. The molecule has 0 unspecified atom stereocenters. The molecule has 2 nitrogen and oxygen atoms in total. The Bertz CT molecular complexity index is 3130. The summed E-state index contributed by atoms with van der Waals surface area (Å²) in [7, 11) is 0. The van der Waals surface area contributed by atoms with E-state index in [0.717, 1.165) is 60.9 Å². The Balaban J connectivity index is 1.17. The molecule has 262 valence electrons. The van der Waals surface area contributed by atoms with Gasteiger partial charge in [-0.15, -0.1) is 0 Å². The van der Waals surface area contributed by atoms with E-state index in [1.54, 1.807) is 0 Å². The lowest BCUT2D eigenvalue weighted by molar-refractivity contribution is 0.674. The molecule has 0 aliphatic rings. The average molecular weight is 714 g/mol. The predicted molar refractivity (Wildman–Crippen MR) is 237 cm³/mol. The summed E-state index contributed by atoms with van der Waals surface area (Å²) in [4.78, 5) is 2.38. The summed E-state index contributed by atoms with van der Waals surface area (Å²) in [6.45, 7) is 0. The number of nitrogens with zero attached hydrogens (tertiary/aromatic N) is 1. The van der Waals surface area contributed by atoms with E-state index in [1.807, 2.05) is 0 Å². The van der Waals surface area contributed by atoms with Crippen LogP contribution in [-0.2, 0) is 0 Å². The third-order valence-corrected chi connectivity index (χ3v) is 11.3. The van der Waals surface area contributed by atoms with E-state index >= 15 is 0 Å². The van der Waals surface area contributed by atoms with Crippen molar-refractivity contribution in [3.05, 3.63) is 212 Å². The number of fused-ring (bicyclic) bond motifs is 8. The molecule has 0 radical (unpaired) electrons. The molecule has 11 aromatic rings. The maximum atomic E-state index is 7.14. The fourth-order valence-corrected chi connectivity index (χ4v) is 8.47. The number of anilines is 3. The first kappa shape index (κ1) is 32.0. The molecule has 0 amide bonds. The molecule has 0 aliphatic heterocycles. The van der Waals surface area contributed by atoms with E-state index in [4.69, 9.17) is 4.42 Å². The van der Waals surface area contributed by atoms with Crippen LogP contribution in [0.5, 0.6) is 0 Å². The molecule has 11 rings (SSSR count). The van der Waals surface area contributed by atoms with E-state index in [9.17, 15) is 0 Å². The maximum Gasteiger partial charge on any atom is 0.145 e. The quantitative estimate of drug-likeness (QED) is 0.160. The minimum atomic E-state index is 0.875. The standard InChI is InChI=1S/C54H35NO/c1-3-11-36(12-4-1)38-23-28-44(29-24-38)55(45-30-25-39(26-31-45)37-13-5-2-6-14-37)51-34-33-48(43-22-21-42-20-19-40-15-7-9-17-46(40)50(42)35-43)54-52(51)49-32-27-41-16-8-10-18-47(41)53(49)56-54/h1-35H. The summed E-state index contributed by atoms with van der Waals surface area (Å²) in [5.74, 6) is 0. The van der Waals surface area contributed by atoms with Crippen LogP contribution in [-0.4, -0.2) is 0 Å². The first-order chi connectivity index (χ1) is 27.8. The normalized spacial score (nSPS) is 11.6. The van der Waals surface area contributed by atoms with Crippen LogP contribution in [0.3, 0.4) is 0 Å². The predicted octanol–water partition coefficient (Wildman–Crippen LogP) is 15.5. The Morgan fingerprint density at radius 2 is 0.786 bits per heavy atom. The highest BCUT2D eigenvalue weighted by Crippen LogP contribution is 2.48. The zero-order chi connectivity index (χ0) is 37.0. The molecule has 0 spiro atoms. The number of hydrogen-bond donors (Lipinski definition) is 0. The minimum Gasteiger partial charge on any atom is -0.455 e. The summed E-state index contributed by atoms with van der Waals surface area (Å²) in [5.41, 5.74) is 11.9. The lowest BCUT2D eigenvalue weighted by Crippen LogP contribution is -2.10. The summed E-state index contributed by atoms with van der Waals surface area (Å²) < 4.78 is 7.14. The summed E-state index contributed by atoms with van der Waals surface area (Å²) in [6, 6.07) is 76.4. The van der Waals surface area contributed by atoms with Crippen molar-refractivity contribution in [3.63, 3.8) is 0 Å². The van der Waals surface area contributed by atoms with Gasteiger partial charge in [0.2, 0.25) is 0 Å². The average Bonchev–Trinajstić information content (AvgIpc) is 3.68. The smallest absolute Gasteiger partial charge is 0.145 e. The van der Waals surface area contributed by atoms with Crippen molar-refractivity contribution in [2.24, 2.45) is 0 Å². The second-order valence-electron chi connectivity index (χ2n) is 14.5. The third kappa shape index (κ3) is 5.34. The van der Waals surface area contributed by atoms with Crippen LogP contribution in [0.2, 0.25) is 0 Å². The molecular weight excluding hydrogens is 679 g/mol. The molecule has 0 saturated heterocycles. The Labute approximate surface area is 325 Å². The lowest BCUT2D eigenvalue weighted by atomic mass is 9.95. The molecule has 0 atom stereocenters. The van der Waals surface area contributed by atoms with Crippen molar-refractivity contribution in [3.8, 4) is 33.4 Å². The third-order valence-electron chi connectivity index (χ3n) is 11.3. The monoisotopic (exact) mass is 713 g/mol. The molecule has 0 bridgehead atoms. The van der Waals surface area contributed by atoms with E-state index in [0.29, 0.717) is 0 Å². The highest BCUT2D eigenvalue weighted by molar-refractivity contribution is 6.22. The zero-order valence-corrected chi connectivity index (χ0v) is 30.6. The number of benzene rings is 10. The highest BCUT2D eigenvalue weighted by Gasteiger charge is 2.23. The van der Waals surface area contributed by atoms with Crippen molar-refractivity contribution < 1.29 is 4.42 Å². The van der Waals surface area contributed by atoms with Crippen LogP contribution >= 0.6 is 0 Å². The van der Waals surface area contributed by atoms with Gasteiger partial charge >= 0.3 is 0 Å². The van der Waals surface area contributed by atoms with Crippen LogP contribution in [0.15, 0.2) is 217 Å². The topological polar surface area (TPSA) is 16.4 Å². The molecule has 2 heteroatoms. The van der Waals surface area contributed by atoms with Gasteiger partial charge < -0.3 is 9.32 Å². The van der Waals surface area contributed by atoms with Crippen LogP contribution in [0.4, 0.5) is 17.1 Å². The van der Waals surface area contributed by atoms with Gasteiger partial charge in [-0.25, -0.2) is 0 Å². The van der Waals surface area contributed by atoms with E-state index in [-0.39, 0.29) is 0 Å². The van der Waals surface area contributed by atoms with Gasteiger partial charge in [-0.05, 0) is 103 Å². The minimum absolute atomic E-state index is 0.875. The van der Waals surface area contributed by atoms with Crippen LogP contribution < -0.4 is 4.90 Å². The van der Waals surface area contributed by atoms with Crippen LogP contribution in [0, 0.1) is 0 Å². The first-order valence-electron chi connectivity index (χ1n) is 19.2. The fourth-order valence-electron chi connectivity index (χ4n) is 8.47. The summed E-state index contributed by atoms with van der Waals surface area (Å²) >= 11 is 0. The lowest BCUT2D eigenvalue weighted by Gasteiger charge is -2.27. The molecule has 1 aromatic heterocycles. The van der Waals surface area contributed by atoms with E-state index in [1.165, 1.54) is 43.8 Å². The van der Waals surface area contributed by atoms with Crippen LogP contribution in [0.25, 0.3) is 87.6 Å². The molecule has 1 heterocycles. The second kappa shape index (κ2) is 13.2. The fraction of sp³-hybridized carbons (Fsp3) is 0. The Morgan fingerprint density at radius 1 is 0.304 bits per heavy atom. The maximum absolute atomic E-state index is 7.14. The van der Waals surface area contributed by atoms with Gasteiger partial charge in [-0.2, -0.15) is 0 Å². The van der Waals surface area contributed by atoms with Gasteiger partial charge in [0, 0.05) is 27.7 Å². The summed E-state index contributed by atoms with van der Waals surface area (Å²) in [6.07, 6.45) is 0. The van der Waals surface area contributed by atoms with Crippen LogP contribution in [0.1, 0.15) is 0 Å². The second-order valence-corrected chi connectivity index (χ2v) is 14.5. The Morgan fingerprint density at radius 3 is 1.43 bits per heavy atom. The SMILES string of the molecule is c1ccc(-c2ccc(N(c3ccc(-c4ccccc4)cc3)c3ccc(-c4ccc5ccc6ccccc6c5c4)c4oc5c6ccccc6ccc5c34)cc2)cc1. The van der Waals surface area contributed by atoms with E-state index in [2.05, 4.69) is 217 Å². The molecule has 0 N–H and O–H groups in total. The molecule has 10 aromatic carbocycles. The van der Waals surface area contributed by atoms with Gasteiger partial charge in [-0.3, -0.25) is 0 Å². The zero-order valence-electron chi connectivity index (χ0n) is 30.6.